The van der Waals surface area contributed by atoms with Gasteiger partial charge in [-0.15, -0.1) is 0 Å². The molecule has 5 rings (SSSR count). The van der Waals surface area contributed by atoms with Gasteiger partial charge in [-0.1, -0.05) is 40.2 Å². The summed E-state index contributed by atoms with van der Waals surface area (Å²) < 4.78 is 12.5. The molecule has 28 heavy (non-hydrogen) atoms. The SMILES string of the molecule is COc1ccc(C2c3c(N)ncnc3Oc3ccc4cc(Br)ccc4c32)cc1. The summed E-state index contributed by atoms with van der Waals surface area (Å²) in [5.74, 6) is 2.36. The Kier molecular flexibility index (Phi) is 3.94. The van der Waals surface area contributed by atoms with E-state index in [2.05, 4.69) is 44.1 Å². The van der Waals surface area contributed by atoms with E-state index in [9.17, 15) is 0 Å². The third-order valence-corrected chi connectivity index (χ3v) is 5.59. The van der Waals surface area contributed by atoms with Gasteiger partial charge in [-0.25, -0.2) is 9.97 Å². The molecule has 138 valence electrons. The average molecular weight is 434 g/mol. The van der Waals surface area contributed by atoms with Gasteiger partial charge in [-0.3, -0.25) is 0 Å². The maximum Gasteiger partial charge on any atom is 0.228 e. The van der Waals surface area contributed by atoms with Gasteiger partial charge < -0.3 is 15.2 Å². The van der Waals surface area contributed by atoms with Crippen molar-refractivity contribution in [1.82, 2.24) is 9.97 Å². The number of nitrogen functional groups attached to an aromatic ring is 1. The van der Waals surface area contributed by atoms with Crippen LogP contribution in [-0.4, -0.2) is 17.1 Å². The second kappa shape index (κ2) is 6.49. The fraction of sp³-hybridized carbons (Fsp3) is 0.0909. The van der Waals surface area contributed by atoms with Gasteiger partial charge in [0, 0.05) is 16.0 Å². The summed E-state index contributed by atoms with van der Waals surface area (Å²) in [6, 6.07) is 18.3. The maximum atomic E-state index is 6.29. The van der Waals surface area contributed by atoms with E-state index in [1.54, 1.807) is 7.11 Å². The summed E-state index contributed by atoms with van der Waals surface area (Å²) in [5, 5.41) is 2.23. The van der Waals surface area contributed by atoms with Crippen molar-refractivity contribution >= 4 is 32.5 Å². The lowest BCUT2D eigenvalue weighted by Gasteiger charge is -2.29. The quantitative estimate of drug-likeness (QED) is 0.410. The van der Waals surface area contributed by atoms with Gasteiger partial charge in [0.2, 0.25) is 5.88 Å². The number of aromatic nitrogens is 2. The molecule has 0 spiro atoms. The standard InChI is InChI=1S/C22H16BrN3O2/c1-27-15-6-2-12(3-7-15)18-19-16-8-5-14(23)10-13(16)4-9-17(19)28-22-20(18)21(24)25-11-26-22/h2-11,18H,1H3,(H2,24,25,26). The summed E-state index contributed by atoms with van der Waals surface area (Å²) >= 11 is 3.56. The molecular weight excluding hydrogens is 418 g/mol. The molecule has 3 aromatic carbocycles. The fourth-order valence-electron chi connectivity index (χ4n) is 3.81. The monoisotopic (exact) mass is 433 g/mol. The van der Waals surface area contributed by atoms with Crippen molar-refractivity contribution in [2.45, 2.75) is 5.92 Å². The molecule has 0 saturated carbocycles. The Morgan fingerprint density at radius 1 is 1.00 bits per heavy atom. The lowest BCUT2D eigenvalue weighted by molar-refractivity contribution is 0.414. The van der Waals surface area contributed by atoms with Crippen molar-refractivity contribution in [1.29, 1.82) is 0 Å². The fourth-order valence-corrected chi connectivity index (χ4v) is 4.19. The average Bonchev–Trinajstić information content (AvgIpc) is 2.72. The highest BCUT2D eigenvalue weighted by Gasteiger charge is 2.33. The molecule has 1 unspecified atom stereocenters. The van der Waals surface area contributed by atoms with Crippen LogP contribution in [0, 0.1) is 0 Å². The Hall–Kier alpha value is -3.12. The number of hydrogen-bond donors (Lipinski definition) is 1. The Bertz CT molecular complexity index is 1210. The van der Waals surface area contributed by atoms with Crippen molar-refractivity contribution in [3.63, 3.8) is 0 Å². The Balaban J connectivity index is 1.83. The minimum atomic E-state index is -0.143. The zero-order valence-electron chi connectivity index (χ0n) is 15.0. The van der Waals surface area contributed by atoms with Crippen molar-refractivity contribution in [3.05, 3.63) is 82.1 Å². The van der Waals surface area contributed by atoms with Crippen LogP contribution in [0.4, 0.5) is 5.82 Å². The molecule has 0 aliphatic carbocycles. The van der Waals surface area contributed by atoms with Gasteiger partial charge in [-0.05, 0) is 46.7 Å². The molecule has 0 radical (unpaired) electrons. The van der Waals surface area contributed by atoms with Gasteiger partial charge in [-0.2, -0.15) is 0 Å². The van der Waals surface area contributed by atoms with E-state index in [-0.39, 0.29) is 5.92 Å². The smallest absolute Gasteiger partial charge is 0.228 e. The molecule has 2 N–H and O–H groups in total. The van der Waals surface area contributed by atoms with Crippen LogP contribution in [0.5, 0.6) is 17.4 Å². The highest BCUT2D eigenvalue weighted by Crippen LogP contribution is 2.50. The zero-order chi connectivity index (χ0) is 19.3. The third kappa shape index (κ3) is 2.60. The Labute approximate surface area is 170 Å². The lowest BCUT2D eigenvalue weighted by Crippen LogP contribution is -2.16. The molecule has 5 nitrogen and oxygen atoms in total. The molecule has 1 aromatic heterocycles. The second-order valence-electron chi connectivity index (χ2n) is 6.63. The molecule has 1 atom stereocenters. The number of anilines is 1. The summed E-state index contributed by atoms with van der Waals surface area (Å²) in [5.41, 5.74) is 9.21. The highest BCUT2D eigenvalue weighted by molar-refractivity contribution is 9.10. The zero-order valence-corrected chi connectivity index (χ0v) is 16.6. The van der Waals surface area contributed by atoms with Crippen molar-refractivity contribution in [2.24, 2.45) is 0 Å². The first-order valence-corrected chi connectivity index (χ1v) is 9.59. The third-order valence-electron chi connectivity index (χ3n) is 5.09. The predicted molar refractivity (Wildman–Crippen MR) is 112 cm³/mol. The first-order valence-electron chi connectivity index (χ1n) is 8.80. The topological polar surface area (TPSA) is 70.3 Å². The van der Waals surface area contributed by atoms with Gasteiger partial charge in [0.05, 0.1) is 12.7 Å². The number of ether oxygens (including phenoxy) is 2. The normalized spacial score (nSPS) is 14.9. The van der Waals surface area contributed by atoms with Crippen LogP contribution in [0.3, 0.4) is 0 Å². The molecular formula is C22H16BrN3O2. The molecule has 0 bridgehead atoms. The van der Waals surface area contributed by atoms with E-state index >= 15 is 0 Å². The molecule has 6 heteroatoms. The van der Waals surface area contributed by atoms with Crippen molar-refractivity contribution in [2.75, 3.05) is 12.8 Å². The molecule has 0 fully saturated rings. The summed E-state index contributed by atoms with van der Waals surface area (Å²) in [6.07, 6.45) is 1.43. The second-order valence-corrected chi connectivity index (χ2v) is 7.54. The van der Waals surface area contributed by atoms with E-state index in [4.69, 9.17) is 15.2 Å². The summed E-state index contributed by atoms with van der Waals surface area (Å²) in [4.78, 5) is 8.56. The van der Waals surface area contributed by atoms with Crippen LogP contribution in [0.2, 0.25) is 0 Å². The largest absolute Gasteiger partial charge is 0.497 e. The van der Waals surface area contributed by atoms with Crippen LogP contribution < -0.4 is 15.2 Å². The molecule has 4 aromatic rings. The van der Waals surface area contributed by atoms with E-state index in [0.717, 1.165) is 43.4 Å². The summed E-state index contributed by atoms with van der Waals surface area (Å²) in [7, 11) is 1.66. The molecule has 0 amide bonds. The van der Waals surface area contributed by atoms with Crippen LogP contribution in [0.1, 0.15) is 22.6 Å². The highest BCUT2D eigenvalue weighted by atomic mass is 79.9. The molecule has 1 aliphatic heterocycles. The van der Waals surface area contributed by atoms with Crippen molar-refractivity contribution in [3.8, 4) is 17.4 Å². The van der Waals surface area contributed by atoms with Gasteiger partial charge >= 0.3 is 0 Å². The number of rotatable bonds is 2. The van der Waals surface area contributed by atoms with Crippen LogP contribution >= 0.6 is 15.9 Å². The van der Waals surface area contributed by atoms with Crippen LogP contribution in [0.15, 0.2) is 65.4 Å². The lowest BCUT2D eigenvalue weighted by atomic mass is 9.81. The van der Waals surface area contributed by atoms with E-state index < -0.39 is 0 Å². The van der Waals surface area contributed by atoms with Gasteiger partial charge in [0.25, 0.3) is 0 Å². The number of halogens is 1. The van der Waals surface area contributed by atoms with Gasteiger partial charge in [0.1, 0.15) is 23.6 Å². The molecule has 0 saturated heterocycles. The molecule has 1 aliphatic rings. The predicted octanol–water partition coefficient (Wildman–Crippen LogP) is 5.27. The maximum absolute atomic E-state index is 6.29. The number of methoxy groups -OCH3 is 1. The Morgan fingerprint density at radius 2 is 1.82 bits per heavy atom. The van der Waals surface area contributed by atoms with Gasteiger partial charge in [0.15, 0.2) is 0 Å². The van der Waals surface area contributed by atoms with Crippen molar-refractivity contribution < 1.29 is 9.47 Å². The number of nitrogens with zero attached hydrogens (tertiary/aromatic N) is 2. The van der Waals surface area contributed by atoms with E-state index in [1.165, 1.54) is 6.33 Å². The minimum absolute atomic E-state index is 0.143. The first kappa shape index (κ1) is 17.0. The minimum Gasteiger partial charge on any atom is -0.497 e. The number of nitrogens with two attached hydrogens (primary N) is 1. The van der Waals surface area contributed by atoms with Crippen LogP contribution in [-0.2, 0) is 0 Å². The van der Waals surface area contributed by atoms with Crippen LogP contribution in [0.25, 0.3) is 10.8 Å². The van der Waals surface area contributed by atoms with E-state index in [0.29, 0.717) is 11.7 Å². The first-order chi connectivity index (χ1) is 13.7. The van der Waals surface area contributed by atoms with E-state index in [1.807, 2.05) is 36.4 Å². The number of hydrogen-bond acceptors (Lipinski definition) is 5. The summed E-state index contributed by atoms with van der Waals surface area (Å²) in [6.45, 7) is 0. The number of fused-ring (bicyclic) bond motifs is 4. The Morgan fingerprint density at radius 3 is 2.61 bits per heavy atom. The number of benzene rings is 3. The molecule has 2 heterocycles.